The molecule has 0 radical (unpaired) electrons. The van der Waals surface area contributed by atoms with E-state index in [1.165, 1.54) is 44.5 Å². The number of aromatic nitrogens is 3. The first-order valence-electron chi connectivity index (χ1n) is 10.8. The Morgan fingerprint density at radius 1 is 1.07 bits per heavy atom. The number of rotatable bonds is 7. The van der Waals surface area contributed by atoms with E-state index < -0.39 is 0 Å². The fourth-order valence-corrected chi connectivity index (χ4v) is 4.67. The van der Waals surface area contributed by atoms with Crippen LogP contribution >= 0.6 is 0 Å². The number of pyridine rings is 1. The molecule has 2 fully saturated rings. The van der Waals surface area contributed by atoms with Crippen LogP contribution in [0.3, 0.4) is 0 Å². The second-order valence-electron chi connectivity index (χ2n) is 9.35. The molecule has 1 aliphatic heterocycles. The minimum Gasteiger partial charge on any atom is -0.300 e. The Hall–Kier alpha value is -1.68. The Morgan fingerprint density at radius 3 is 2.52 bits per heavy atom. The van der Waals surface area contributed by atoms with Crippen molar-refractivity contribution in [3.8, 4) is 5.69 Å². The molecule has 2 unspecified atom stereocenters. The molecule has 2 atom stereocenters. The van der Waals surface area contributed by atoms with Gasteiger partial charge in [-0.25, -0.2) is 4.98 Å². The van der Waals surface area contributed by atoms with Crippen LogP contribution in [0.15, 0.2) is 30.9 Å². The van der Waals surface area contributed by atoms with Crippen molar-refractivity contribution in [1.29, 1.82) is 0 Å². The maximum atomic E-state index is 4.68. The van der Waals surface area contributed by atoms with E-state index in [1.54, 1.807) is 0 Å². The van der Waals surface area contributed by atoms with Gasteiger partial charge in [0.25, 0.3) is 0 Å². The lowest BCUT2D eigenvalue weighted by Crippen LogP contribution is -2.29. The highest BCUT2D eigenvalue weighted by atomic mass is 15.2. The van der Waals surface area contributed by atoms with Crippen LogP contribution in [-0.4, -0.2) is 32.5 Å². The highest BCUT2D eigenvalue weighted by molar-refractivity contribution is 5.34. The molecule has 2 aliphatic rings. The minimum absolute atomic E-state index is 0.459. The average molecular weight is 367 g/mol. The van der Waals surface area contributed by atoms with E-state index in [-0.39, 0.29) is 0 Å². The lowest BCUT2D eigenvalue weighted by molar-refractivity contribution is 0.202. The van der Waals surface area contributed by atoms with Crippen molar-refractivity contribution >= 4 is 0 Å². The molecular formula is C23H34N4. The maximum Gasteiger partial charge on any atom is 0.0995 e. The lowest BCUT2D eigenvalue weighted by atomic mass is 9.89. The first-order chi connectivity index (χ1) is 13.0. The predicted molar refractivity (Wildman–Crippen MR) is 110 cm³/mol. The molecule has 2 aromatic heterocycles. The van der Waals surface area contributed by atoms with E-state index in [9.17, 15) is 0 Å². The van der Waals surface area contributed by atoms with Gasteiger partial charge in [0.1, 0.15) is 0 Å². The van der Waals surface area contributed by atoms with Gasteiger partial charge in [-0.2, -0.15) is 0 Å². The Balaban J connectivity index is 1.64. The molecule has 27 heavy (non-hydrogen) atoms. The zero-order valence-electron chi connectivity index (χ0n) is 17.3. The zero-order chi connectivity index (χ0) is 19.0. The van der Waals surface area contributed by atoms with Crippen LogP contribution in [-0.2, 0) is 0 Å². The molecule has 4 nitrogen and oxygen atoms in total. The Kier molecular flexibility index (Phi) is 5.36. The predicted octanol–water partition coefficient (Wildman–Crippen LogP) is 5.21. The first kappa shape index (κ1) is 18.7. The fourth-order valence-electron chi connectivity index (χ4n) is 4.67. The van der Waals surface area contributed by atoms with Crippen molar-refractivity contribution in [3.63, 3.8) is 0 Å². The summed E-state index contributed by atoms with van der Waals surface area (Å²) in [6, 6.07) is 4.84. The van der Waals surface area contributed by atoms with Gasteiger partial charge in [0.2, 0.25) is 0 Å². The van der Waals surface area contributed by atoms with Gasteiger partial charge in [0, 0.05) is 12.2 Å². The molecule has 146 valence electrons. The molecule has 0 amide bonds. The number of hydrogen-bond acceptors (Lipinski definition) is 3. The minimum atomic E-state index is 0.459. The molecule has 4 heteroatoms. The molecule has 3 heterocycles. The van der Waals surface area contributed by atoms with Crippen molar-refractivity contribution < 1.29 is 0 Å². The third kappa shape index (κ3) is 4.11. The Morgan fingerprint density at radius 2 is 1.89 bits per heavy atom. The van der Waals surface area contributed by atoms with Crippen LogP contribution in [0.1, 0.15) is 76.7 Å². The Bertz CT molecular complexity index is 730. The summed E-state index contributed by atoms with van der Waals surface area (Å²) in [6.45, 7) is 11.6. The summed E-state index contributed by atoms with van der Waals surface area (Å²) >= 11 is 0. The van der Waals surface area contributed by atoms with Crippen molar-refractivity contribution in [2.24, 2.45) is 17.8 Å². The first-order valence-corrected chi connectivity index (χ1v) is 10.8. The van der Waals surface area contributed by atoms with E-state index in [4.69, 9.17) is 0 Å². The number of hydrogen-bond donors (Lipinski definition) is 0. The van der Waals surface area contributed by atoms with Crippen molar-refractivity contribution in [3.05, 3.63) is 42.2 Å². The van der Waals surface area contributed by atoms with Crippen molar-refractivity contribution in [2.45, 2.75) is 65.3 Å². The van der Waals surface area contributed by atoms with Gasteiger partial charge in [-0.1, -0.05) is 27.7 Å². The molecule has 0 N–H and O–H groups in total. The third-order valence-electron chi connectivity index (χ3n) is 6.20. The van der Waals surface area contributed by atoms with E-state index in [0.29, 0.717) is 12.0 Å². The fraction of sp³-hybridized carbons (Fsp3) is 0.652. The summed E-state index contributed by atoms with van der Waals surface area (Å²) in [4.78, 5) is 12.0. The average Bonchev–Trinajstić information content (AvgIpc) is 3.18. The van der Waals surface area contributed by atoms with E-state index >= 15 is 0 Å². The third-order valence-corrected chi connectivity index (χ3v) is 6.20. The molecule has 0 bridgehead atoms. The van der Waals surface area contributed by atoms with E-state index in [2.05, 4.69) is 65.5 Å². The highest BCUT2D eigenvalue weighted by Gasteiger charge is 2.39. The monoisotopic (exact) mass is 366 g/mol. The molecule has 0 spiro atoms. The quantitative estimate of drug-likeness (QED) is 0.674. The van der Waals surface area contributed by atoms with Crippen LogP contribution in [0.5, 0.6) is 0 Å². The molecule has 2 aromatic rings. The van der Waals surface area contributed by atoms with E-state index in [0.717, 1.165) is 29.1 Å². The SMILES string of the molecule is CC(C)CC1CCN(CC2CC2)C1c1cncn1-c1ccc(C(C)C)nc1. The van der Waals surface area contributed by atoms with Gasteiger partial charge in [-0.15, -0.1) is 0 Å². The molecule has 0 aromatic carbocycles. The summed E-state index contributed by atoms with van der Waals surface area (Å²) in [5.74, 6) is 2.85. The van der Waals surface area contributed by atoms with Crippen LogP contribution in [0.4, 0.5) is 0 Å². The topological polar surface area (TPSA) is 34.0 Å². The second-order valence-corrected chi connectivity index (χ2v) is 9.35. The van der Waals surface area contributed by atoms with Gasteiger partial charge in [-0.3, -0.25) is 9.88 Å². The van der Waals surface area contributed by atoms with Gasteiger partial charge in [0.15, 0.2) is 0 Å². The summed E-state index contributed by atoms with van der Waals surface area (Å²) < 4.78 is 2.28. The number of likely N-dealkylation sites (tertiary alicyclic amines) is 1. The standard InChI is InChI=1S/C23H34N4/c1-16(2)11-19-9-10-26(14-18-5-6-18)23(19)22-13-24-15-27(22)20-7-8-21(17(3)4)25-12-20/h7-8,12-13,15-19,23H,5-6,9-11,14H2,1-4H3. The van der Waals surface area contributed by atoms with Crippen molar-refractivity contribution in [1.82, 2.24) is 19.4 Å². The molecule has 1 saturated carbocycles. The second kappa shape index (κ2) is 7.75. The van der Waals surface area contributed by atoms with Gasteiger partial charge in [-0.05, 0) is 68.0 Å². The zero-order valence-corrected chi connectivity index (χ0v) is 17.3. The van der Waals surface area contributed by atoms with Crippen LogP contribution in [0.2, 0.25) is 0 Å². The molecule has 4 rings (SSSR count). The van der Waals surface area contributed by atoms with Gasteiger partial charge >= 0.3 is 0 Å². The molecule has 1 saturated heterocycles. The summed E-state index contributed by atoms with van der Waals surface area (Å²) in [5.41, 5.74) is 3.63. The summed E-state index contributed by atoms with van der Waals surface area (Å²) in [5, 5.41) is 0. The normalized spacial score (nSPS) is 23.6. The summed E-state index contributed by atoms with van der Waals surface area (Å²) in [7, 11) is 0. The lowest BCUT2D eigenvalue weighted by Gasteiger charge is -2.30. The highest BCUT2D eigenvalue weighted by Crippen LogP contribution is 2.43. The number of nitrogens with zero attached hydrogens (tertiary/aromatic N) is 4. The maximum absolute atomic E-state index is 4.68. The molecule has 1 aliphatic carbocycles. The van der Waals surface area contributed by atoms with Crippen molar-refractivity contribution in [2.75, 3.05) is 13.1 Å². The number of imidazole rings is 1. The molecular weight excluding hydrogens is 332 g/mol. The van der Waals surface area contributed by atoms with Crippen LogP contribution < -0.4 is 0 Å². The summed E-state index contributed by atoms with van der Waals surface area (Å²) in [6.07, 6.45) is 11.5. The van der Waals surface area contributed by atoms with Gasteiger partial charge in [0.05, 0.1) is 36.1 Å². The largest absolute Gasteiger partial charge is 0.300 e. The van der Waals surface area contributed by atoms with Crippen LogP contribution in [0.25, 0.3) is 5.69 Å². The van der Waals surface area contributed by atoms with E-state index in [1.807, 2.05) is 12.5 Å². The van der Waals surface area contributed by atoms with Gasteiger partial charge < -0.3 is 4.57 Å². The Labute approximate surface area is 164 Å². The van der Waals surface area contributed by atoms with Crippen LogP contribution in [0, 0.1) is 17.8 Å². The smallest absolute Gasteiger partial charge is 0.0995 e.